The Kier molecular flexibility index (Phi) is 4.76. The summed E-state index contributed by atoms with van der Waals surface area (Å²) < 4.78 is 16.3. The molecule has 0 N–H and O–H groups in total. The minimum absolute atomic E-state index is 0.0891. The molecule has 0 fully saturated rings. The van der Waals surface area contributed by atoms with Crippen molar-refractivity contribution in [2.24, 2.45) is 0 Å². The molecule has 3 rings (SSSR count). The molecule has 1 aromatic heterocycles. The van der Waals surface area contributed by atoms with Gasteiger partial charge in [0.2, 0.25) is 5.89 Å². The van der Waals surface area contributed by atoms with Crippen LogP contribution in [0, 0.1) is 0 Å². The Hall–Kier alpha value is -2.08. The van der Waals surface area contributed by atoms with E-state index in [0.29, 0.717) is 5.89 Å². The first kappa shape index (κ1) is 16.8. The van der Waals surface area contributed by atoms with E-state index < -0.39 is 0 Å². The molecule has 1 aromatic carbocycles. The van der Waals surface area contributed by atoms with Gasteiger partial charge in [-0.25, -0.2) is 0 Å². The first-order chi connectivity index (χ1) is 11.5. The number of methoxy groups -OCH3 is 2. The van der Waals surface area contributed by atoms with Gasteiger partial charge in [-0.3, -0.25) is 4.90 Å². The topological polar surface area (TPSA) is 60.6 Å². The van der Waals surface area contributed by atoms with Crippen LogP contribution >= 0.6 is 0 Å². The second-order valence-electron chi connectivity index (χ2n) is 6.52. The number of fused-ring (bicyclic) bond motifs is 1. The summed E-state index contributed by atoms with van der Waals surface area (Å²) in [5.41, 5.74) is 2.57. The first-order valence-corrected chi connectivity index (χ1v) is 8.34. The van der Waals surface area contributed by atoms with E-state index in [1.54, 1.807) is 14.2 Å². The second-order valence-corrected chi connectivity index (χ2v) is 6.52. The molecular weight excluding hydrogens is 306 g/mol. The lowest BCUT2D eigenvalue weighted by molar-refractivity contribution is 0.157. The molecule has 2 aromatic rings. The summed E-state index contributed by atoms with van der Waals surface area (Å²) >= 11 is 0. The van der Waals surface area contributed by atoms with Crippen LogP contribution in [0.5, 0.6) is 11.5 Å². The molecular formula is C18H25N3O3. The fourth-order valence-corrected chi connectivity index (χ4v) is 3.04. The Morgan fingerprint density at radius 2 is 1.75 bits per heavy atom. The lowest BCUT2D eigenvalue weighted by Gasteiger charge is -2.32. The third-order valence-electron chi connectivity index (χ3n) is 4.63. The largest absolute Gasteiger partial charge is 0.493 e. The van der Waals surface area contributed by atoms with Crippen molar-refractivity contribution in [3.05, 3.63) is 35.0 Å². The monoisotopic (exact) mass is 331 g/mol. The van der Waals surface area contributed by atoms with E-state index >= 15 is 0 Å². The van der Waals surface area contributed by atoms with E-state index in [4.69, 9.17) is 14.0 Å². The van der Waals surface area contributed by atoms with Crippen LogP contribution in [0.15, 0.2) is 16.7 Å². The summed E-state index contributed by atoms with van der Waals surface area (Å²) in [6.45, 7) is 8.02. The maximum Gasteiger partial charge on any atom is 0.243 e. The Balaban J connectivity index is 1.80. The highest BCUT2D eigenvalue weighted by Gasteiger charge is 2.27. The average Bonchev–Trinajstić information content (AvgIpc) is 3.09. The van der Waals surface area contributed by atoms with Crippen molar-refractivity contribution in [1.82, 2.24) is 15.0 Å². The zero-order chi connectivity index (χ0) is 17.3. The minimum atomic E-state index is 0.0891. The number of hydrogen-bond donors (Lipinski definition) is 0. The third-order valence-corrected chi connectivity index (χ3v) is 4.63. The molecule has 1 aliphatic heterocycles. The number of hydrogen-bond acceptors (Lipinski definition) is 6. The van der Waals surface area contributed by atoms with Gasteiger partial charge in [0.25, 0.3) is 0 Å². The van der Waals surface area contributed by atoms with Crippen LogP contribution in [0.3, 0.4) is 0 Å². The van der Waals surface area contributed by atoms with Gasteiger partial charge >= 0.3 is 0 Å². The maximum atomic E-state index is 5.46. The van der Waals surface area contributed by atoms with Gasteiger partial charge < -0.3 is 14.0 Å². The molecule has 0 spiro atoms. The van der Waals surface area contributed by atoms with Crippen LogP contribution in [0.25, 0.3) is 0 Å². The lowest BCUT2D eigenvalue weighted by atomic mass is 9.97. The van der Waals surface area contributed by atoms with Crippen LogP contribution in [-0.2, 0) is 13.0 Å². The molecule has 0 bridgehead atoms. The van der Waals surface area contributed by atoms with Gasteiger partial charge in [0.05, 0.1) is 20.3 Å². The molecule has 130 valence electrons. The third kappa shape index (κ3) is 3.11. The summed E-state index contributed by atoms with van der Waals surface area (Å²) in [6.07, 6.45) is 0.963. The number of nitrogens with zero attached hydrogens (tertiary/aromatic N) is 3. The van der Waals surface area contributed by atoms with Crippen molar-refractivity contribution >= 4 is 0 Å². The quantitative estimate of drug-likeness (QED) is 0.837. The fourth-order valence-electron chi connectivity index (χ4n) is 3.04. The summed E-state index contributed by atoms with van der Waals surface area (Å²) in [5.74, 6) is 3.28. The maximum absolute atomic E-state index is 5.46. The molecule has 0 saturated heterocycles. The van der Waals surface area contributed by atoms with Crippen LogP contribution in [0.4, 0.5) is 0 Å². The highest BCUT2D eigenvalue weighted by atomic mass is 16.5. The summed E-state index contributed by atoms with van der Waals surface area (Å²) in [6, 6.07) is 4.24. The van der Waals surface area contributed by atoms with E-state index in [-0.39, 0.29) is 12.0 Å². The van der Waals surface area contributed by atoms with Gasteiger partial charge in [0.1, 0.15) is 0 Å². The first-order valence-electron chi connectivity index (χ1n) is 8.34. The number of benzene rings is 1. The molecule has 0 radical (unpaired) electrons. The fraction of sp³-hybridized carbons (Fsp3) is 0.556. The van der Waals surface area contributed by atoms with Crippen molar-refractivity contribution in [2.45, 2.75) is 45.7 Å². The second kappa shape index (κ2) is 6.81. The number of aromatic nitrogens is 2. The molecule has 6 nitrogen and oxygen atoms in total. The van der Waals surface area contributed by atoms with Crippen LogP contribution < -0.4 is 9.47 Å². The van der Waals surface area contributed by atoms with Crippen molar-refractivity contribution in [2.75, 3.05) is 20.8 Å². The highest BCUT2D eigenvalue weighted by Crippen LogP contribution is 2.35. The van der Waals surface area contributed by atoms with Gasteiger partial charge in [-0.15, -0.1) is 0 Å². The molecule has 0 unspecified atom stereocenters. The molecule has 6 heteroatoms. The Morgan fingerprint density at radius 3 is 2.33 bits per heavy atom. The average molecular weight is 331 g/mol. The van der Waals surface area contributed by atoms with Gasteiger partial charge in [0.15, 0.2) is 17.3 Å². The predicted octanol–water partition coefficient (Wildman–Crippen LogP) is 3.33. The Labute approximate surface area is 142 Å². The van der Waals surface area contributed by atoms with Crippen molar-refractivity contribution in [1.29, 1.82) is 0 Å². The SMILES string of the molecule is COc1cc2c(cc1OC)CN([C@H](C)c1nc(C(C)C)no1)CC2. The van der Waals surface area contributed by atoms with E-state index in [2.05, 4.69) is 47.9 Å². The standard InChI is InChI=1S/C18H25N3O3/c1-11(2)17-19-18(24-20-17)12(3)21-7-6-13-8-15(22-4)16(23-5)9-14(13)10-21/h8-9,11-12H,6-7,10H2,1-5H3/t12-/m1/s1. The van der Waals surface area contributed by atoms with E-state index in [1.807, 2.05) is 0 Å². The summed E-state index contributed by atoms with van der Waals surface area (Å²) in [4.78, 5) is 6.89. The van der Waals surface area contributed by atoms with Crippen molar-refractivity contribution < 1.29 is 14.0 Å². The predicted molar refractivity (Wildman–Crippen MR) is 90.5 cm³/mol. The number of rotatable bonds is 5. The van der Waals surface area contributed by atoms with Crippen molar-refractivity contribution in [3.63, 3.8) is 0 Å². The van der Waals surface area contributed by atoms with E-state index in [1.165, 1.54) is 11.1 Å². The van der Waals surface area contributed by atoms with Crippen molar-refractivity contribution in [3.8, 4) is 11.5 Å². The molecule has 1 atom stereocenters. The zero-order valence-corrected chi connectivity index (χ0v) is 15.0. The Bertz CT molecular complexity index is 712. The van der Waals surface area contributed by atoms with Crippen LogP contribution in [0.1, 0.15) is 55.6 Å². The normalized spacial score (nSPS) is 16.1. The van der Waals surface area contributed by atoms with E-state index in [0.717, 1.165) is 36.8 Å². The van der Waals surface area contributed by atoms with Gasteiger partial charge in [0, 0.05) is 19.0 Å². The van der Waals surface area contributed by atoms with E-state index in [9.17, 15) is 0 Å². The molecule has 0 saturated carbocycles. The smallest absolute Gasteiger partial charge is 0.243 e. The molecule has 0 amide bonds. The Morgan fingerprint density at radius 1 is 1.08 bits per heavy atom. The summed E-state index contributed by atoms with van der Waals surface area (Å²) in [5, 5.41) is 4.08. The van der Waals surface area contributed by atoms with Gasteiger partial charge in [-0.05, 0) is 36.6 Å². The van der Waals surface area contributed by atoms with Gasteiger partial charge in [-0.1, -0.05) is 19.0 Å². The molecule has 1 aliphatic rings. The molecule has 2 heterocycles. The minimum Gasteiger partial charge on any atom is -0.493 e. The molecule has 24 heavy (non-hydrogen) atoms. The summed E-state index contributed by atoms with van der Waals surface area (Å²) in [7, 11) is 3.34. The lowest BCUT2D eigenvalue weighted by Crippen LogP contribution is -2.33. The zero-order valence-electron chi connectivity index (χ0n) is 15.0. The highest BCUT2D eigenvalue weighted by molar-refractivity contribution is 5.48. The number of ether oxygens (including phenoxy) is 2. The van der Waals surface area contributed by atoms with Crippen LogP contribution in [-0.4, -0.2) is 35.8 Å². The van der Waals surface area contributed by atoms with Crippen LogP contribution in [0.2, 0.25) is 0 Å². The van der Waals surface area contributed by atoms with Gasteiger partial charge in [-0.2, -0.15) is 4.98 Å². The molecule has 0 aliphatic carbocycles.